The Hall–Kier alpha value is -0.590. The average molecular weight is 322 g/mol. The Balaban J connectivity index is 2.19. The van der Waals surface area contributed by atoms with Gasteiger partial charge in [-0.2, -0.15) is 0 Å². The van der Waals surface area contributed by atoms with E-state index in [0.717, 1.165) is 18.5 Å². The van der Waals surface area contributed by atoms with Crippen LogP contribution in [0.15, 0.2) is 10.6 Å². The van der Waals surface area contributed by atoms with E-state index in [1.807, 2.05) is 0 Å². The summed E-state index contributed by atoms with van der Waals surface area (Å²) >= 11 is 2.35. The summed E-state index contributed by atoms with van der Waals surface area (Å²) in [5.74, 6) is 0.117. The van der Waals surface area contributed by atoms with E-state index in [4.69, 9.17) is 4.52 Å². The third kappa shape index (κ3) is 4.63. The summed E-state index contributed by atoms with van der Waals surface area (Å²) in [7, 11) is 0. The molecule has 1 aromatic rings. The van der Waals surface area contributed by atoms with Crippen molar-refractivity contribution in [2.45, 2.75) is 26.2 Å². The Morgan fingerprint density at radius 3 is 2.93 bits per heavy atom. The van der Waals surface area contributed by atoms with Crippen LogP contribution in [0.4, 0.5) is 0 Å². The van der Waals surface area contributed by atoms with Crippen LogP contribution in [0.25, 0.3) is 0 Å². The summed E-state index contributed by atoms with van der Waals surface area (Å²) in [6.45, 7) is 2.50. The fourth-order valence-corrected chi connectivity index (χ4v) is 1.70. The van der Waals surface area contributed by atoms with Crippen LogP contribution in [0.2, 0.25) is 0 Å². The topological polar surface area (TPSA) is 55.1 Å². The van der Waals surface area contributed by atoms with Crippen molar-refractivity contribution >= 4 is 28.5 Å². The Morgan fingerprint density at radius 1 is 1.53 bits per heavy atom. The van der Waals surface area contributed by atoms with Crippen LogP contribution in [0.3, 0.4) is 0 Å². The number of unbranched alkanes of at least 4 members (excludes halogenated alkanes) is 2. The minimum atomic E-state index is -0.176. The second kappa shape index (κ2) is 6.81. The van der Waals surface area contributed by atoms with E-state index in [0.29, 0.717) is 12.3 Å². The molecule has 1 rings (SSSR count). The van der Waals surface area contributed by atoms with Gasteiger partial charge >= 0.3 is 0 Å². The molecule has 1 amide bonds. The fraction of sp³-hybridized carbons (Fsp3) is 0.600. The second-order valence-electron chi connectivity index (χ2n) is 3.34. The normalized spacial score (nSPS) is 10.3. The van der Waals surface area contributed by atoms with E-state index in [9.17, 15) is 4.79 Å². The maximum absolute atomic E-state index is 11.4. The van der Waals surface area contributed by atoms with Gasteiger partial charge in [0.25, 0.3) is 5.91 Å². The molecule has 1 heterocycles. The first kappa shape index (κ1) is 12.5. The van der Waals surface area contributed by atoms with E-state index in [-0.39, 0.29) is 5.91 Å². The number of nitrogens with one attached hydrogen (secondary N) is 1. The number of carbonyl (C=O) groups is 1. The lowest BCUT2D eigenvalue weighted by molar-refractivity contribution is 0.0916. The standard InChI is InChI=1S/C10H15IN2O2/c1-8-7-9(15-13-8)10(14)12-6-4-2-3-5-11/h7H,2-6H2,1H3,(H,12,14). The summed E-state index contributed by atoms with van der Waals surface area (Å²) in [4.78, 5) is 11.4. The second-order valence-corrected chi connectivity index (χ2v) is 4.42. The smallest absolute Gasteiger partial charge is 0.289 e. The van der Waals surface area contributed by atoms with E-state index >= 15 is 0 Å². The molecule has 0 fully saturated rings. The Bertz CT molecular complexity index is 312. The van der Waals surface area contributed by atoms with Crippen LogP contribution in [0.5, 0.6) is 0 Å². The molecule has 0 aliphatic rings. The third-order valence-electron chi connectivity index (χ3n) is 1.95. The van der Waals surface area contributed by atoms with Crippen molar-refractivity contribution in [2.24, 2.45) is 0 Å². The summed E-state index contributed by atoms with van der Waals surface area (Å²) in [6.07, 6.45) is 3.37. The zero-order chi connectivity index (χ0) is 11.1. The van der Waals surface area contributed by atoms with Crippen molar-refractivity contribution in [3.8, 4) is 0 Å². The molecule has 0 unspecified atom stereocenters. The molecule has 0 atom stereocenters. The lowest BCUT2D eigenvalue weighted by atomic mass is 10.2. The van der Waals surface area contributed by atoms with E-state index in [2.05, 4.69) is 33.1 Å². The van der Waals surface area contributed by atoms with Crippen LogP contribution in [-0.2, 0) is 0 Å². The van der Waals surface area contributed by atoms with E-state index in [1.54, 1.807) is 13.0 Å². The molecule has 0 aliphatic carbocycles. The van der Waals surface area contributed by atoms with Crippen molar-refractivity contribution in [3.05, 3.63) is 17.5 Å². The molecule has 5 heteroatoms. The third-order valence-corrected chi connectivity index (χ3v) is 2.71. The molecule has 0 saturated heterocycles. The first-order valence-electron chi connectivity index (χ1n) is 5.01. The zero-order valence-electron chi connectivity index (χ0n) is 8.75. The summed E-state index contributed by atoms with van der Waals surface area (Å²) in [6, 6.07) is 1.64. The van der Waals surface area contributed by atoms with Crippen LogP contribution in [-0.4, -0.2) is 22.0 Å². The summed E-state index contributed by atoms with van der Waals surface area (Å²) in [5, 5.41) is 6.45. The van der Waals surface area contributed by atoms with Crippen molar-refractivity contribution in [1.29, 1.82) is 0 Å². The SMILES string of the molecule is Cc1cc(C(=O)NCCCCCI)on1. The molecule has 1 aromatic heterocycles. The summed E-state index contributed by atoms with van der Waals surface area (Å²) in [5.41, 5.74) is 0.727. The average Bonchev–Trinajstić information content (AvgIpc) is 2.64. The highest BCUT2D eigenvalue weighted by Crippen LogP contribution is 2.02. The number of carbonyl (C=O) groups excluding carboxylic acids is 1. The first-order chi connectivity index (χ1) is 7.24. The number of nitrogens with zero attached hydrogens (tertiary/aromatic N) is 1. The molecule has 0 radical (unpaired) electrons. The minimum absolute atomic E-state index is 0.176. The fourth-order valence-electron chi connectivity index (χ4n) is 1.16. The number of halogens is 1. The monoisotopic (exact) mass is 322 g/mol. The molecule has 0 aliphatic heterocycles. The van der Waals surface area contributed by atoms with Crippen molar-refractivity contribution in [3.63, 3.8) is 0 Å². The van der Waals surface area contributed by atoms with Gasteiger partial charge in [-0.25, -0.2) is 0 Å². The minimum Gasteiger partial charge on any atom is -0.351 e. The number of aromatic nitrogens is 1. The van der Waals surface area contributed by atoms with E-state index < -0.39 is 0 Å². The Morgan fingerprint density at radius 2 is 2.33 bits per heavy atom. The highest BCUT2D eigenvalue weighted by molar-refractivity contribution is 14.1. The lowest BCUT2D eigenvalue weighted by Crippen LogP contribution is -2.23. The van der Waals surface area contributed by atoms with Gasteiger partial charge in [-0.1, -0.05) is 34.2 Å². The van der Waals surface area contributed by atoms with E-state index in [1.165, 1.54) is 10.8 Å². The predicted octanol–water partition coefficient (Wildman–Crippen LogP) is 2.32. The van der Waals surface area contributed by atoms with Gasteiger partial charge in [0, 0.05) is 12.6 Å². The highest BCUT2D eigenvalue weighted by atomic mass is 127. The highest BCUT2D eigenvalue weighted by Gasteiger charge is 2.09. The van der Waals surface area contributed by atoms with Gasteiger partial charge in [-0.3, -0.25) is 4.79 Å². The predicted molar refractivity (Wildman–Crippen MR) is 66.3 cm³/mol. The van der Waals surface area contributed by atoms with Crippen LogP contribution < -0.4 is 5.32 Å². The van der Waals surface area contributed by atoms with Crippen LogP contribution >= 0.6 is 22.6 Å². The first-order valence-corrected chi connectivity index (χ1v) is 6.54. The largest absolute Gasteiger partial charge is 0.351 e. The van der Waals surface area contributed by atoms with Gasteiger partial charge in [0.1, 0.15) is 0 Å². The van der Waals surface area contributed by atoms with Crippen LogP contribution in [0, 0.1) is 6.92 Å². The lowest BCUT2D eigenvalue weighted by Gasteiger charge is -2.01. The van der Waals surface area contributed by atoms with Gasteiger partial charge in [-0.15, -0.1) is 0 Å². The molecule has 0 saturated carbocycles. The molecule has 15 heavy (non-hydrogen) atoms. The molecule has 0 spiro atoms. The Labute approximate surface area is 103 Å². The molecule has 4 nitrogen and oxygen atoms in total. The maximum atomic E-state index is 11.4. The number of amides is 1. The van der Waals surface area contributed by atoms with Gasteiger partial charge in [0.2, 0.25) is 5.76 Å². The van der Waals surface area contributed by atoms with Gasteiger partial charge in [0.05, 0.1) is 5.69 Å². The number of rotatable bonds is 6. The molecular weight excluding hydrogens is 307 g/mol. The molecule has 1 N–H and O–H groups in total. The van der Waals surface area contributed by atoms with Gasteiger partial charge in [-0.05, 0) is 24.2 Å². The van der Waals surface area contributed by atoms with Crippen LogP contribution in [0.1, 0.15) is 35.5 Å². The quantitative estimate of drug-likeness (QED) is 0.497. The number of alkyl halides is 1. The van der Waals surface area contributed by atoms with Crippen molar-refractivity contribution in [1.82, 2.24) is 10.5 Å². The number of aryl methyl sites for hydroxylation is 1. The van der Waals surface area contributed by atoms with Gasteiger partial charge < -0.3 is 9.84 Å². The zero-order valence-corrected chi connectivity index (χ0v) is 10.9. The Kier molecular flexibility index (Phi) is 5.67. The number of hydrogen-bond donors (Lipinski definition) is 1. The maximum Gasteiger partial charge on any atom is 0.289 e. The number of hydrogen-bond acceptors (Lipinski definition) is 3. The summed E-state index contributed by atoms with van der Waals surface area (Å²) < 4.78 is 6.01. The molecule has 0 aromatic carbocycles. The van der Waals surface area contributed by atoms with Crippen molar-refractivity contribution in [2.75, 3.05) is 11.0 Å². The molecule has 84 valence electrons. The van der Waals surface area contributed by atoms with Gasteiger partial charge in [0.15, 0.2) is 0 Å². The molecular formula is C10H15IN2O2. The van der Waals surface area contributed by atoms with Crippen molar-refractivity contribution < 1.29 is 9.32 Å². The molecule has 0 bridgehead atoms.